The maximum absolute atomic E-state index is 11.2. The predicted octanol–water partition coefficient (Wildman–Crippen LogP) is 1.62. The molecule has 76 valence electrons. The first-order valence-electron chi connectivity index (χ1n) is 3.82. The lowest BCUT2D eigenvalue weighted by Crippen LogP contribution is -2.15. The summed E-state index contributed by atoms with van der Waals surface area (Å²) >= 11 is 5.45. The lowest BCUT2D eigenvalue weighted by atomic mass is 10.3. The van der Waals surface area contributed by atoms with Gasteiger partial charge in [-0.05, 0) is 12.5 Å². The van der Waals surface area contributed by atoms with Crippen molar-refractivity contribution in [1.82, 2.24) is 5.32 Å². The van der Waals surface area contributed by atoms with E-state index < -0.39 is 9.84 Å². The van der Waals surface area contributed by atoms with Crippen LogP contribution >= 0.6 is 11.6 Å². The van der Waals surface area contributed by atoms with Crippen molar-refractivity contribution >= 4 is 21.4 Å². The first-order chi connectivity index (χ1) is 5.97. The quantitative estimate of drug-likeness (QED) is 0.438. The predicted molar refractivity (Wildman–Crippen MR) is 56.2 cm³/mol. The molecule has 0 aromatic carbocycles. The van der Waals surface area contributed by atoms with E-state index >= 15 is 0 Å². The molecule has 13 heavy (non-hydrogen) atoms. The van der Waals surface area contributed by atoms with E-state index in [1.54, 1.807) is 0 Å². The Kier molecular flexibility index (Phi) is 5.10. The van der Waals surface area contributed by atoms with Gasteiger partial charge in [-0.25, -0.2) is 8.42 Å². The highest BCUT2D eigenvalue weighted by Crippen LogP contribution is 2.13. The SMILES string of the molecule is C=C/C(=C(\CC)NCCl)S(C)(=O)=O. The average Bonchev–Trinajstić information content (AvgIpc) is 2.01. The van der Waals surface area contributed by atoms with Crippen molar-refractivity contribution in [1.29, 1.82) is 0 Å². The molecule has 0 heterocycles. The van der Waals surface area contributed by atoms with Gasteiger partial charge in [-0.15, -0.1) is 11.6 Å². The van der Waals surface area contributed by atoms with Crippen LogP contribution in [0.25, 0.3) is 0 Å². The third-order valence-electron chi connectivity index (χ3n) is 1.52. The fraction of sp³-hybridized carbons (Fsp3) is 0.500. The van der Waals surface area contributed by atoms with Gasteiger partial charge < -0.3 is 5.32 Å². The van der Waals surface area contributed by atoms with Crippen molar-refractivity contribution in [3.63, 3.8) is 0 Å². The van der Waals surface area contributed by atoms with Crippen LogP contribution in [0.3, 0.4) is 0 Å². The summed E-state index contributed by atoms with van der Waals surface area (Å²) in [6.07, 6.45) is 3.06. The summed E-state index contributed by atoms with van der Waals surface area (Å²) < 4.78 is 22.5. The van der Waals surface area contributed by atoms with Gasteiger partial charge in [-0.3, -0.25) is 0 Å². The minimum atomic E-state index is -3.21. The Morgan fingerprint density at radius 1 is 1.62 bits per heavy atom. The molecule has 1 N–H and O–H groups in total. The second-order valence-electron chi connectivity index (χ2n) is 2.48. The minimum Gasteiger partial charge on any atom is -0.374 e. The van der Waals surface area contributed by atoms with Crippen molar-refractivity contribution in [2.75, 3.05) is 12.3 Å². The summed E-state index contributed by atoms with van der Waals surface area (Å²) in [4.78, 5) is 0.218. The third kappa shape index (κ3) is 3.83. The third-order valence-corrected chi connectivity index (χ3v) is 2.86. The number of allylic oxidation sites excluding steroid dienone is 2. The van der Waals surface area contributed by atoms with Crippen LogP contribution in [-0.2, 0) is 9.84 Å². The molecule has 0 amide bonds. The molecule has 0 unspecified atom stereocenters. The molecule has 0 aliphatic heterocycles. The second kappa shape index (κ2) is 5.29. The van der Waals surface area contributed by atoms with Gasteiger partial charge in [0.05, 0.1) is 10.9 Å². The normalized spacial score (nSPS) is 13.5. The van der Waals surface area contributed by atoms with Crippen LogP contribution in [0.1, 0.15) is 13.3 Å². The maximum atomic E-state index is 11.2. The molecule has 0 fully saturated rings. The molecule has 0 aromatic heterocycles. The number of nitrogens with one attached hydrogen (secondary N) is 1. The smallest absolute Gasteiger partial charge is 0.177 e. The molecule has 5 heteroatoms. The van der Waals surface area contributed by atoms with Crippen molar-refractivity contribution in [2.45, 2.75) is 13.3 Å². The topological polar surface area (TPSA) is 46.2 Å². The van der Waals surface area contributed by atoms with E-state index in [2.05, 4.69) is 11.9 Å². The van der Waals surface area contributed by atoms with Gasteiger partial charge in [-0.2, -0.15) is 0 Å². The molecule has 0 rings (SSSR count). The van der Waals surface area contributed by atoms with Gasteiger partial charge in [-0.1, -0.05) is 13.5 Å². The molecule has 0 spiro atoms. The molecule has 0 atom stereocenters. The lowest BCUT2D eigenvalue weighted by molar-refractivity contribution is 0.607. The number of rotatable bonds is 5. The summed E-state index contributed by atoms with van der Waals surface area (Å²) in [6.45, 7) is 5.31. The van der Waals surface area contributed by atoms with Crippen LogP contribution in [0.15, 0.2) is 23.3 Å². The van der Waals surface area contributed by atoms with Crippen molar-refractivity contribution < 1.29 is 8.42 Å². The molecular weight excluding hydrogens is 210 g/mol. The first-order valence-corrected chi connectivity index (χ1v) is 6.25. The van der Waals surface area contributed by atoms with Gasteiger partial charge in [0.2, 0.25) is 0 Å². The Balaban J connectivity index is 5.18. The molecule has 0 saturated heterocycles. The van der Waals surface area contributed by atoms with E-state index in [0.717, 1.165) is 6.26 Å². The molecule has 0 saturated carbocycles. The van der Waals surface area contributed by atoms with Crippen LogP contribution < -0.4 is 5.32 Å². The second-order valence-corrected chi connectivity index (χ2v) is 4.73. The summed E-state index contributed by atoms with van der Waals surface area (Å²) in [5.41, 5.74) is 0.604. The Labute approximate surface area is 84.4 Å². The Morgan fingerprint density at radius 3 is 2.38 bits per heavy atom. The van der Waals surface area contributed by atoms with Crippen molar-refractivity contribution in [2.24, 2.45) is 0 Å². The number of hydrogen-bond acceptors (Lipinski definition) is 3. The van der Waals surface area contributed by atoms with Gasteiger partial charge in [0.15, 0.2) is 9.84 Å². The number of alkyl halides is 1. The number of sulfone groups is 1. The van der Waals surface area contributed by atoms with E-state index in [4.69, 9.17) is 11.6 Å². The van der Waals surface area contributed by atoms with E-state index in [9.17, 15) is 8.42 Å². The zero-order chi connectivity index (χ0) is 10.5. The lowest BCUT2D eigenvalue weighted by Gasteiger charge is -2.09. The van der Waals surface area contributed by atoms with Crippen LogP contribution in [0.5, 0.6) is 0 Å². The van der Waals surface area contributed by atoms with Gasteiger partial charge in [0, 0.05) is 12.0 Å². The zero-order valence-electron chi connectivity index (χ0n) is 7.80. The summed E-state index contributed by atoms with van der Waals surface area (Å²) in [5.74, 6) is 0. The van der Waals surface area contributed by atoms with E-state index in [1.807, 2.05) is 6.92 Å². The number of halogens is 1. The van der Waals surface area contributed by atoms with Crippen LogP contribution in [0.2, 0.25) is 0 Å². The molecule has 0 bridgehead atoms. The highest BCUT2D eigenvalue weighted by Gasteiger charge is 2.12. The highest BCUT2D eigenvalue weighted by atomic mass is 35.5. The summed E-state index contributed by atoms with van der Waals surface area (Å²) in [7, 11) is -3.21. The molecular formula is C8H14ClNO2S. The monoisotopic (exact) mass is 223 g/mol. The van der Waals surface area contributed by atoms with E-state index in [-0.39, 0.29) is 10.9 Å². The Hall–Kier alpha value is -0.480. The Bertz CT molecular complexity index is 306. The summed E-state index contributed by atoms with van der Waals surface area (Å²) in [6, 6.07) is 0.191. The van der Waals surface area contributed by atoms with Crippen molar-refractivity contribution in [3.05, 3.63) is 23.3 Å². The molecule has 0 radical (unpaired) electrons. The maximum Gasteiger partial charge on any atom is 0.177 e. The fourth-order valence-electron chi connectivity index (χ4n) is 0.965. The minimum absolute atomic E-state index is 0.191. The first kappa shape index (κ1) is 12.5. The highest BCUT2D eigenvalue weighted by molar-refractivity contribution is 7.94. The Morgan fingerprint density at radius 2 is 2.15 bits per heavy atom. The van der Waals surface area contributed by atoms with E-state index in [1.165, 1.54) is 6.08 Å². The molecule has 0 aliphatic carbocycles. The van der Waals surface area contributed by atoms with E-state index in [0.29, 0.717) is 12.1 Å². The standard InChI is InChI=1S/C8H14ClNO2S/c1-4-7(10-6-9)8(5-2)13(3,11)12/h5,10H,2,4,6H2,1,3H3/b8-7-. The molecule has 0 aromatic rings. The largest absolute Gasteiger partial charge is 0.374 e. The fourth-order valence-corrected chi connectivity index (χ4v) is 2.09. The van der Waals surface area contributed by atoms with Crippen LogP contribution in [0, 0.1) is 0 Å². The zero-order valence-corrected chi connectivity index (χ0v) is 9.37. The average molecular weight is 224 g/mol. The summed E-state index contributed by atoms with van der Waals surface area (Å²) in [5, 5.41) is 2.78. The van der Waals surface area contributed by atoms with Gasteiger partial charge >= 0.3 is 0 Å². The van der Waals surface area contributed by atoms with Crippen molar-refractivity contribution in [3.8, 4) is 0 Å². The molecule has 0 aliphatic rings. The molecule has 3 nitrogen and oxygen atoms in total. The van der Waals surface area contributed by atoms with Gasteiger partial charge in [0.25, 0.3) is 0 Å². The number of hydrogen-bond donors (Lipinski definition) is 1. The van der Waals surface area contributed by atoms with Crippen LogP contribution in [-0.4, -0.2) is 20.7 Å². The van der Waals surface area contributed by atoms with Gasteiger partial charge in [0.1, 0.15) is 0 Å². The van der Waals surface area contributed by atoms with Crippen LogP contribution in [0.4, 0.5) is 0 Å².